The predicted molar refractivity (Wildman–Crippen MR) is 41.3 cm³/mol. The van der Waals surface area contributed by atoms with Gasteiger partial charge < -0.3 is 15.2 Å². The summed E-state index contributed by atoms with van der Waals surface area (Å²) in [4.78, 5) is 0. The van der Waals surface area contributed by atoms with Crippen molar-refractivity contribution in [2.75, 3.05) is 19.8 Å². The first-order valence-electron chi connectivity index (χ1n) is 4.36. The molecule has 0 bridgehead atoms. The van der Waals surface area contributed by atoms with Crippen LogP contribution in [0.4, 0.5) is 0 Å². The van der Waals surface area contributed by atoms with Gasteiger partial charge in [-0.1, -0.05) is 0 Å². The molecule has 0 aromatic heterocycles. The molecule has 1 heterocycles. The molecule has 3 atom stereocenters. The zero-order chi connectivity index (χ0) is 7.68. The molecule has 0 aromatic rings. The lowest BCUT2D eigenvalue weighted by molar-refractivity contribution is 0.00948. The van der Waals surface area contributed by atoms with Gasteiger partial charge in [-0.25, -0.2) is 0 Å². The number of fused-ring (bicyclic) bond motifs is 1. The van der Waals surface area contributed by atoms with Crippen LogP contribution in [0.2, 0.25) is 0 Å². The highest BCUT2D eigenvalue weighted by atomic mass is 16.5. The summed E-state index contributed by atoms with van der Waals surface area (Å²) in [5.74, 6) is 0.468. The van der Waals surface area contributed by atoms with Gasteiger partial charge in [-0.15, -0.1) is 0 Å². The van der Waals surface area contributed by atoms with Gasteiger partial charge in [-0.2, -0.15) is 0 Å². The molecule has 1 saturated heterocycles. The van der Waals surface area contributed by atoms with E-state index in [1.807, 2.05) is 0 Å². The lowest BCUT2D eigenvalue weighted by Crippen LogP contribution is -2.44. The molecule has 2 N–H and O–H groups in total. The largest absolute Gasteiger partial charge is 0.396 e. The molecule has 0 unspecified atom stereocenters. The Morgan fingerprint density at radius 3 is 3.09 bits per heavy atom. The third-order valence-corrected chi connectivity index (χ3v) is 2.70. The maximum atomic E-state index is 8.93. The summed E-state index contributed by atoms with van der Waals surface area (Å²) in [5.41, 5.74) is 0. The fourth-order valence-corrected chi connectivity index (χ4v) is 2.10. The van der Waals surface area contributed by atoms with Crippen LogP contribution < -0.4 is 5.32 Å². The summed E-state index contributed by atoms with van der Waals surface area (Å²) in [5, 5.41) is 12.3. The number of ether oxygens (including phenoxy) is 1. The number of hydrogen-bond acceptors (Lipinski definition) is 3. The standard InChI is InChI=1S/C8H15NO2/c10-5-6-3-7-8(4-6)11-2-1-9-7/h6-10H,1-5H2/t6-,7+,8-/m0/s1. The lowest BCUT2D eigenvalue weighted by atomic mass is 10.1. The molecular weight excluding hydrogens is 142 g/mol. The van der Waals surface area contributed by atoms with E-state index in [1.54, 1.807) is 0 Å². The van der Waals surface area contributed by atoms with E-state index in [1.165, 1.54) is 0 Å². The molecule has 0 amide bonds. The van der Waals surface area contributed by atoms with Gasteiger partial charge >= 0.3 is 0 Å². The van der Waals surface area contributed by atoms with Crippen LogP contribution in [0.5, 0.6) is 0 Å². The Labute approximate surface area is 66.7 Å². The molecule has 2 aliphatic rings. The third-order valence-electron chi connectivity index (χ3n) is 2.70. The van der Waals surface area contributed by atoms with Gasteiger partial charge in [-0.05, 0) is 18.8 Å². The van der Waals surface area contributed by atoms with E-state index < -0.39 is 0 Å². The molecule has 1 saturated carbocycles. The highest BCUT2D eigenvalue weighted by molar-refractivity contribution is 4.91. The van der Waals surface area contributed by atoms with Crippen molar-refractivity contribution in [2.45, 2.75) is 25.0 Å². The number of rotatable bonds is 1. The average Bonchev–Trinajstić information content (AvgIpc) is 2.46. The summed E-state index contributed by atoms with van der Waals surface area (Å²) in [6.07, 6.45) is 2.50. The molecule has 1 aliphatic heterocycles. The summed E-state index contributed by atoms with van der Waals surface area (Å²) < 4.78 is 5.56. The van der Waals surface area contributed by atoms with E-state index in [2.05, 4.69) is 5.32 Å². The van der Waals surface area contributed by atoms with Crippen molar-refractivity contribution < 1.29 is 9.84 Å². The van der Waals surface area contributed by atoms with Crippen LogP contribution in [-0.2, 0) is 4.74 Å². The molecule has 3 heteroatoms. The predicted octanol–water partition coefficient (Wildman–Crippen LogP) is -0.254. The van der Waals surface area contributed by atoms with Crippen LogP contribution in [0.25, 0.3) is 0 Å². The van der Waals surface area contributed by atoms with Crippen molar-refractivity contribution in [3.05, 3.63) is 0 Å². The van der Waals surface area contributed by atoms with E-state index in [-0.39, 0.29) is 0 Å². The van der Waals surface area contributed by atoms with E-state index in [9.17, 15) is 0 Å². The highest BCUT2D eigenvalue weighted by Crippen LogP contribution is 2.29. The van der Waals surface area contributed by atoms with Crippen LogP contribution >= 0.6 is 0 Å². The van der Waals surface area contributed by atoms with Crippen LogP contribution in [0.3, 0.4) is 0 Å². The van der Waals surface area contributed by atoms with Gasteiger partial charge in [0.1, 0.15) is 0 Å². The monoisotopic (exact) mass is 157 g/mol. The maximum Gasteiger partial charge on any atom is 0.0732 e. The smallest absolute Gasteiger partial charge is 0.0732 e. The van der Waals surface area contributed by atoms with E-state index in [0.29, 0.717) is 24.7 Å². The number of aliphatic hydroxyl groups excluding tert-OH is 1. The Hall–Kier alpha value is -0.120. The second-order valence-electron chi connectivity index (χ2n) is 3.49. The number of morpholine rings is 1. The minimum atomic E-state index is 0.318. The second-order valence-corrected chi connectivity index (χ2v) is 3.49. The van der Waals surface area contributed by atoms with Crippen LogP contribution in [0, 0.1) is 5.92 Å². The molecule has 2 fully saturated rings. The van der Waals surface area contributed by atoms with Crippen molar-refractivity contribution in [1.82, 2.24) is 5.32 Å². The van der Waals surface area contributed by atoms with Crippen molar-refractivity contribution >= 4 is 0 Å². The minimum absolute atomic E-state index is 0.318. The van der Waals surface area contributed by atoms with Crippen LogP contribution in [0.15, 0.2) is 0 Å². The average molecular weight is 157 g/mol. The first-order valence-corrected chi connectivity index (χ1v) is 4.36. The van der Waals surface area contributed by atoms with E-state index in [4.69, 9.17) is 9.84 Å². The fourth-order valence-electron chi connectivity index (χ4n) is 2.10. The van der Waals surface area contributed by atoms with Crippen LogP contribution in [-0.4, -0.2) is 37.0 Å². The van der Waals surface area contributed by atoms with Gasteiger partial charge in [0.05, 0.1) is 12.7 Å². The molecule has 11 heavy (non-hydrogen) atoms. The summed E-state index contributed by atoms with van der Waals surface area (Å²) >= 11 is 0. The molecule has 3 nitrogen and oxygen atoms in total. The third kappa shape index (κ3) is 1.41. The second kappa shape index (κ2) is 3.09. The Kier molecular flexibility index (Phi) is 2.11. The molecule has 2 rings (SSSR count). The van der Waals surface area contributed by atoms with Gasteiger partial charge in [0, 0.05) is 19.2 Å². The topological polar surface area (TPSA) is 41.5 Å². The lowest BCUT2D eigenvalue weighted by Gasteiger charge is -2.26. The van der Waals surface area contributed by atoms with E-state index in [0.717, 1.165) is 26.0 Å². The van der Waals surface area contributed by atoms with E-state index >= 15 is 0 Å². The minimum Gasteiger partial charge on any atom is -0.396 e. The van der Waals surface area contributed by atoms with Gasteiger partial charge in [-0.3, -0.25) is 0 Å². The Balaban J connectivity index is 1.92. The molecule has 64 valence electrons. The molecule has 0 radical (unpaired) electrons. The molecular formula is C8H15NO2. The fraction of sp³-hybridized carbons (Fsp3) is 1.00. The first-order chi connectivity index (χ1) is 5.40. The number of nitrogens with one attached hydrogen (secondary N) is 1. The van der Waals surface area contributed by atoms with Gasteiger partial charge in [0.15, 0.2) is 0 Å². The maximum absolute atomic E-state index is 8.93. The quantitative estimate of drug-likeness (QED) is 0.551. The highest BCUT2D eigenvalue weighted by Gasteiger charge is 2.35. The van der Waals surface area contributed by atoms with Crippen molar-refractivity contribution in [3.63, 3.8) is 0 Å². The zero-order valence-corrected chi connectivity index (χ0v) is 6.62. The van der Waals surface area contributed by atoms with Crippen LogP contribution in [0.1, 0.15) is 12.8 Å². The van der Waals surface area contributed by atoms with Crippen molar-refractivity contribution in [3.8, 4) is 0 Å². The first kappa shape index (κ1) is 7.53. The molecule has 0 aromatic carbocycles. The molecule has 0 spiro atoms. The van der Waals surface area contributed by atoms with Gasteiger partial charge in [0.2, 0.25) is 0 Å². The summed E-state index contributed by atoms with van der Waals surface area (Å²) in [6, 6.07) is 0.515. The number of aliphatic hydroxyl groups is 1. The normalized spacial score (nSPS) is 43.9. The Morgan fingerprint density at radius 2 is 2.36 bits per heavy atom. The zero-order valence-electron chi connectivity index (χ0n) is 6.62. The SMILES string of the molecule is OC[C@@H]1C[C@@H]2OCCN[C@@H]2C1. The Morgan fingerprint density at radius 1 is 1.45 bits per heavy atom. The molecule has 1 aliphatic carbocycles. The Bertz CT molecular complexity index is 126. The van der Waals surface area contributed by atoms with Gasteiger partial charge in [0.25, 0.3) is 0 Å². The summed E-state index contributed by atoms with van der Waals surface area (Å²) in [6.45, 7) is 2.12. The van der Waals surface area contributed by atoms with Crippen molar-refractivity contribution in [2.24, 2.45) is 5.92 Å². The van der Waals surface area contributed by atoms with Crippen molar-refractivity contribution in [1.29, 1.82) is 0 Å². The number of hydrogen-bond donors (Lipinski definition) is 2. The summed E-state index contributed by atoms with van der Waals surface area (Å²) in [7, 11) is 0.